The average molecular weight is 278 g/mol. The van der Waals surface area contributed by atoms with Gasteiger partial charge in [0.25, 0.3) is 5.91 Å². The molecule has 1 aromatic rings. The molecular weight excluding hydrogens is 260 g/mol. The summed E-state index contributed by atoms with van der Waals surface area (Å²) < 4.78 is 5.00. The predicted molar refractivity (Wildman–Crippen MR) is 71.2 cm³/mol. The zero-order valence-corrected chi connectivity index (χ0v) is 11.4. The normalized spacial score (nSPS) is 18.6. The lowest BCUT2D eigenvalue weighted by Gasteiger charge is -2.31. The Bertz CT molecular complexity index is 504. The molecule has 1 fully saturated rings. The third-order valence-corrected chi connectivity index (χ3v) is 3.32. The van der Waals surface area contributed by atoms with Crippen LogP contribution in [0.15, 0.2) is 18.3 Å². The van der Waals surface area contributed by atoms with Crippen LogP contribution in [0, 0.1) is 5.92 Å². The summed E-state index contributed by atoms with van der Waals surface area (Å²) in [5.41, 5.74) is 0.0250. The number of piperidine rings is 1. The second-order valence-corrected chi connectivity index (χ2v) is 4.71. The number of esters is 1. The SMILES string of the molecule is CCOC(=O)[C@@H]1CCCN(C(=O)c2ncccc2O)C1. The van der Waals surface area contributed by atoms with Gasteiger partial charge in [-0.2, -0.15) is 0 Å². The summed E-state index contributed by atoms with van der Waals surface area (Å²) in [6.45, 7) is 2.97. The Labute approximate surface area is 117 Å². The maximum atomic E-state index is 12.3. The van der Waals surface area contributed by atoms with Crippen molar-refractivity contribution in [1.29, 1.82) is 0 Å². The first-order chi connectivity index (χ1) is 9.63. The molecule has 2 heterocycles. The van der Waals surface area contributed by atoms with Gasteiger partial charge >= 0.3 is 5.97 Å². The van der Waals surface area contributed by atoms with Crippen LogP contribution in [0.5, 0.6) is 5.75 Å². The molecular formula is C14H18N2O4. The average Bonchev–Trinajstić information content (AvgIpc) is 2.47. The van der Waals surface area contributed by atoms with E-state index in [-0.39, 0.29) is 29.2 Å². The molecule has 20 heavy (non-hydrogen) atoms. The summed E-state index contributed by atoms with van der Waals surface area (Å²) in [6, 6.07) is 2.98. The lowest BCUT2D eigenvalue weighted by Crippen LogP contribution is -2.43. The van der Waals surface area contributed by atoms with Crippen molar-refractivity contribution in [3.05, 3.63) is 24.0 Å². The van der Waals surface area contributed by atoms with Gasteiger partial charge in [0.15, 0.2) is 5.69 Å². The highest BCUT2D eigenvalue weighted by atomic mass is 16.5. The van der Waals surface area contributed by atoms with E-state index in [2.05, 4.69) is 4.98 Å². The molecule has 0 spiro atoms. The quantitative estimate of drug-likeness (QED) is 0.840. The van der Waals surface area contributed by atoms with Gasteiger partial charge in [0.2, 0.25) is 0 Å². The summed E-state index contributed by atoms with van der Waals surface area (Å²) in [6.07, 6.45) is 2.92. The Morgan fingerprint density at radius 2 is 2.35 bits per heavy atom. The van der Waals surface area contributed by atoms with E-state index >= 15 is 0 Å². The van der Waals surface area contributed by atoms with Crippen LogP contribution in [-0.4, -0.2) is 46.6 Å². The molecule has 6 heteroatoms. The number of nitrogens with zero attached hydrogens (tertiary/aromatic N) is 2. The van der Waals surface area contributed by atoms with E-state index in [1.807, 2.05) is 0 Å². The van der Waals surface area contributed by atoms with Gasteiger partial charge in [-0.1, -0.05) is 0 Å². The highest BCUT2D eigenvalue weighted by Crippen LogP contribution is 2.22. The topological polar surface area (TPSA) is 79.7 Å². The van der Waals surface area contributed by atoms with Crippen LogP contribution < -0.4 is 0 Å². The maximum absolute atomic E-state index is 12.3. The van der Waals surface area contributed by atoms with Crippen LogP contribution in [0.2, 0.25) is 0 Å². The molecule has 0 radical (unpaired) electrons. The van der Waals surface area contributed by atoms with Crippen molar-refractivity contribution in [3.63, 3.8) is 0 Å². The highest BCUT2D eigenvalue weighted by molar-refractivity contribution is 5.95. The lowest BCUT2D eigenvalue weighted by molar-refractivity contribution is -0.149. The Morgan fingerprint density at radius 3 is 3.05 bits per heavy atom. The Balaban J connectivity index is 2.07. The summed E-state index contributed by atoms with van der Waals surface area (Å²) in [7, 11) is 0. The number of aromatic hydroxyl groups is 1. The maximum Gasteiger partial charge on any atom is 0.310 e. The van der Waals surface area contributed by atoms with E-state index in [4.69, 9.17) is 4.74 Å². The van der Waals surface area contributed by atoms with Crippen molar-refractivity contribution in [2.24, 2.45) is 5.92 Å². The van der Waals surface area contributed by atoms with Crippen LogP contribution in [0.3, 0.4) is 0 Å². The monoisotopic (exact) mass is 278 g/mol. The van der Waals surface area contributed by atoms with Crippen molar-refractivity contribution >= 4 is 11.9 Å². The van der Waals surface area contributed by atoms with E-state index in [0.29, 0.717) is 19.7 Å². The molecule has 1 saturated heterocycles. The molecule has 1 aromatic heterocycles. The zero-order valence-electron chi connectivity index (χ0n) is 11.4. The minimum atomic E-state index is -0.350. The second-order valence-electron chi connectivity index (χ2n) is 4.71. The number of likely N-dealkylation sites (tertiary alicyclic amines) is 1. The van der Waals surface area contributed by atoms with E-state index in [1.54, 1.807) is 17.9 Å². The van der Waals surface area contributed by atoms with E-state index in [9.17, 15) is 14.7 Å². The molecule has 2 rings (SSSR count). The number of carbonyl (C=O) groups excluding carboxylic acids is 2. The third-order valence-electron chi connectivity index (χ3n) is 3.32. The fourth-order valence-electron chi connectivity index (χ4n) is 2.33. The van der Waals surface area contributed by atoms with Crippen molar-refractivity contribution in [2.75, 3.05) is 19.7 Å². The Kier molecular flexibility index (Phi) is 4.55. The zero-order chi connectivity index (χ0) is 14.5. The Morgan fingerprint density at radius 1 is 1.55 bits per heavy atom. The van der Waals surface area contributed by atoms with Crippen molar-refractivity contribution in [3.8, 4) is 5.75 Å². The molecule has 0 bridgehead atoms. The molecule has 0 unspecified atom stereocenters. The van der Waals surface area contributed by atoms with Gasteiger partial charge in [-0.25, -0.2) is 4.98 Å². The largest absolute Gasteiger partial charge is 0.505 e. The smallest absolute Gasteiger partial charge is 0.310 e. The van der Waals surface area contributed by atoms with Gasteiger partial charge < -0.3 is 14.7 Å². The van der Waals surface area contributed by atoms with Crippen LogP contribution in [0.4, 0.5) is 0 Å². The molecule has 6 nitrogen and oxygen atoms in total. The Hall–Kier alpha value is -2.11. The van der Waals surface area contributed by atoms with Gasteiger partial charge in [-0.15, -0.1) is 0 Å². The number of hydrogen-bond acceptors (Lipinski definition) is 5. The molecule has 108 valence electrons. The van der Waals surface area contributed by atoms with Gasteiger partial charge in [0.1, 0.15) is 5.75 Å². The van der Waals surface area contributed by atoms with Crippen molar-refractivity contribution in [1.82, 2.24) is 9.88 Å². The summed E-state index contributed by atoms with van der Waals surface area (Å²) in [5, 5.41) is 9.67. The van der Waals surface area contributed by atoms with Crippen LogP contribution >= 0.6 is 0 Å². The summed E-state index contributed by atoms with van der Waals surface area (Å²) in [4.78, 5) is 29.5. The van der Waals surface area contributed by atoms with E-state index < -0.39 is 0 Å². The van der Waals surface area contributed by atoms with Crippen molar-refractivity contribution in [2.45, 2.75) is 19.8 Å². The number of ether oxygens (including phenoxy) is 1. The molecule has 1 N–H and O–H groups in total. The van der Waals surface area contributed by atoms with Crippen LogP contribution in [0.1, 0.15) is 30.3 Å². The number of hydrogen-bond donors (Lipinski definition) is 1. The van der Waals surface area contributed by atoms with Crippen molar-refractivity contribution < 1.29 is 19.4 Å². The number of pyridine rings is 1. The highest BCUT2D eigenvalue weighted by Gasteiger charge is 2.31. The van der Waals surface area contributed by atoms with Crippen LogP contribution in [-0.2, 0) is 9.53 Å². The number of amides is 1. The molecule has 0 aliphatic carbocycles. The fourth-order valence-corrected chi connectivity index (χ4v) is 2.33. The minimum Gasteiger partial charge on any atom is -0.505 e. The molecule has 0 aromatic carbocycles. The molecule has 0 saturated carbocycles. The molecule has 1 aliphatic heterocycles. The molecule has 1 amide bonds. The van der Waals surface area contributed by atoms with Crippen LogP contribution in [0.25, 0.3) is 0 Å². The van der Waals surface area contributed by atoms with Gasteiger partial charge in [0.05, 0.1) is 12.5 Å². The second kappa shape index (κ2) is 6.36. The first-order valence-corrected chi connectivity index (χ1v) is 6.73. The van der Waals surface area contributed by atoms with E-state index in [0.717, 1.165) is 12.8 Å². The minimum absolute atomic E-state index is 0.0250. The number of rotatable bonds is 3. The fraction of sp³-hybridized carbons (Fsp3) is 0.500. The number of aromatic nitrogens is 1. The lowest BCUT2D eigenvalue weighted by atomic mass is 9.98. The predicted octanol–water partition coefficient (Wildman–Crippen LogP) is 1.20. The first-order valence-electron chi connectivity index (χ1n) is 6.73. The van der Waals surface area contributed by atoms with Gasteiger partial charge in [0, 0.05) is 19.3 Å². The molecule has 1 aliphatic rings. The summed E-state index contributed by atoms with van der Waals surface area (Å²) >= 11 is 0. The summed E-state index contributed by atoms with van der Waals surface area (Å²) in [5.74, 6) is -1.05. The van der Waals surface area contributed by atoms with Gasteiger partial charge in [-0.05, 0) is 31.9 Å². The first kappa shape index (κ1) is 14.3. The number of carbonyl (C=O) groups is 2. The third kappa shape index (κ3) is 3.07. The molecule has 1 atom stereocenters. The van der Waals surface area contributed by atoms with Gasteiger partial charge in [-0.3, -0.25) is 9.59 Å². The standard InChI is InChI=1S/C14H18N2O4/c1-2-20-14(19)10-5-4-8-16(9-10)13(18)12-11(17)6-3-7-15-12/h3,6-7,10,17H,2,4-5,8-9H2,1H3/t10-/m1/s1. The van der Waals surface area contributed by atoms with E-state index in [1.165, 1.54) is 12.3 Å².